The first kappa shape index (κ1) is 10.5. The zero-order valence-corrected chi connectivity index (χ0v) is 9.54. The Balaban J connectivity index is 1.79. The van der Waals surface area contributed by atoms with Crippen LogP contribution in [0.3, 0.4) is 0 Å². The van der Waals surface area contributed by atoms with Gasteiger partial charge in [-0.3, -0.25) is 4.98 Å². The number of rotatable bonds is 4. The van der Waals surface area contributed by atoms with Crippen LogP contribution < -0.4 is 4.74 Å². The lowest BCUT2D eigenvalue weighted by Gasteiger charge is -2.12. The van der Waals surface area contributed by atoms with Crippen LogP contribution in [-0.2, 0) is 0 Å². The lowest BCUT2D eigenvalue weighted by Crippen LogP contribution is -2.19. The summed E-state index contributed by atoms with van der Waals surface area (Å²) in [6.45, 7) is 0.361. The molecule has 1 saturated carbocycles. The molecule has 1 aliphatic rings. The number of hydrogen-bond acceptors (Lipinski definition) is 3. The Hall–Kier alpha value is -1.61. The molecule has 2 aromatic rings. The van der Waals surface area contributed by atoms with E-state index >= 15 is 0 Å². The highest BCUT2D eigenvalue weighted by molar-refractivity contribution is 5.84. The number of aliphatic hydroxyl groups is 1. The predicted octanol–water partition coefficient (Wildman–Crippen LogP) is 2.38. The maximum atomic E-state index is 9.78. The fraction of sp³-hybridized carbons (Fsp3) is 0.357. The summed E-state index contributed by atoms with van der Waals surface area (Å²) in [5.41, 5.74) is 0.859. The minimum atomic E-state index is -0.339. The topological polar surface area (TPSA) is 42.4 Å². The van der Waals surface area contributed by atoms with Crippen LogP contribution in [0.1, 0.15) is 12.8 Å². The predicted molar refractivity (Wildman–Crippen MR) is 66.0 cm³/mol. The molecule has 3 nitrogen and oxygen atoms in total. The van der Waals surface area contributed by atoms with Gasteiger partial charge in [0.15, 0.2) is 0 Å². The van der Waals surface area contributed by atoms with Crippen LogP contribution in [0.15, 0.2) is 36.5 Å². The molecule has 1 atom stereocenters. The molecule has 0 spiro atoms. The molecule has 17 heavy (non-hydrogen) atoms. The van der Waals surface area contributed by atoms with Crippen molar-refractivity contribution in [2.24, 2.45) is 5.92 Å². The summed E-state index contributed by atoms with van der Waals surface area (Å²) in [4.78, 5) is 4.31. The molecule has 1 unspecified atom stereocenters. The van der Waals surface area contributed by atoms with E-state index in [2.05, 4.69) is 4.98 Å². The van der Waals surface area contributed by atoms with Crippen molar-refractivity contribution in [1.29, 1.82) is 0 Å². The number of para-hydroxylation sites is 1. The monoisotopic (exact) mass is 229 g/mol. The third-order valence-electron chi connectivity index (χ3n) is 3.17. The minimum Gasteiger partial charge on any atom is -0.489 e. The molecule has 0 bridgehead atoms. The molecule has 3 rings (SSSR count). The fourth-order valence-electron chi connectivity index (χ4n) is 1.98. The fourth-order valence-corrected chi connectivity index (χ4v) is 1.98. The Morgan fingerprint density at radius 3 is 2.94 bits per heavy atom. The first-order valence-electron chi connectivity index (χ1n) is 5.99. The van der Waals surface area contributed by atoms with Gasteiger partial charge in [0.05, 0.1) is 6.10 Å². The molecule has 0 radical (unpaired) electrons. The van der Waals surface area contributed by atoms with Crippen molar-refractivity contribution in [2.75, 3.05) is 6.61 Å². The Bertz CT molecular complexity index is 517. The standard InChI is InChI=1S/C14H15NO2/c16-12(10-6-7-10)9-17-13-5-1-3-11-4-2-8-15-14(11)13/h1-5,8,10,12,16H,6-7,9H2. The van der Waals surface area contributed by atoms with Crippen molar-refractivity contribution in [3.63, 3.8) is 0 Å². The molecule has 3 heteroatoms. The maximum absolute atomic E-state index is 9.78. The van der Waals surface area contributed by atoms with Gasteiger partial charge in [0.2, 0.25) is 0 Å². The van der Waals surface area contributed by atoms with E-state index in [4.69, 9.17) is 4.74 Å². The minimum absolute atomic E-state index is 0.339. The van der Waals surface area contributed by atoms with Crippen LogP contribution in [0.5, 0.6) is 5.75 Å². The molecule has 1 fully saturated rings. The van der Waals surface area contributed by atoms with Gasteiger partial charge in [-0.05, 0) is 30.9 Å². The molecule has 88 valence electrons. The zero-order chi connectivity index (χ0) is 11.7. The molecule has 0 saturated heterocycles. The van der Waals surface area contributed by atoms with Gasteiger partial charge >= 0.3 is 0 Å². The van der Waals surface area contributed by atoms with E-state index in [9.17, 15) is 5.11 Å². The molecule has 1 heterocycles. The second kappa shape index (κ2) is 4.34. The van der Waals surface area contributed by atoms with Gasteiger partial charge in [-0.15, -0.1) is 0 Å². The van der Waals surface area contributed by atoms with E-state index in [0.29, 0.717) is 12.5 Å². The van der Waals surface area contributed by atoms with Crippen LogP contribution in [-0.4, -0.2) is 22.8 Å². The van der Waals surface area contributed by atoms with Gasteiger partial charge in [0.25, 0.3) is 0 Å². The molecule has 1 aliphatic carbocycles. The number of benzene rings is 1. The van der Waals surface area contributed by atoms with Crippen LogP contribution in [0.2, 0.25) is 0 Å². The summed E-state index contributed by atoms with van der Waals surface area (Å²) in [5, 5.41) is 10.8. The van der Waals surface area contributed by atoms with Crippen molar-refractivity contribution in [3.05, 3.63) is 36.5 Å². The lowest BCUT2D eigenvalue weighted by molar-refractivity contribution is 0.0901. The second-order valence-corrected chi connectivity index (χ2v) is 4.55. The van der Waals surface area contributed by atoms with Gasteiger partial charge in [-0.1, -0.05) is 18.2 Å². The quantitative estimate of drug-likeness (QED) is 0.875. The first-order chi connectivity index (χ1) is 8.34. The molecule has 1 aromatic heterocycles. The van der Waals surface area contributed by atoms with Crippen molar-refractivity contribution >= 4 is 10.9 Å². The zero-order valence-electron chi connectivity index (χ0n) is 9.54. The van der Waals surface area contributed by atoms with E-state index in [1.54, 1.807) is 6.20 Å². The van der Waals surface area contributed by atoms with Crippen molar-refractivity contribution in [3.8, 4) is 5.75 Å². The molecule has 1 aromatic carbocycles. The SMILES string of the molecule is OC(COc1cccc2cccnc12)C1CC1. The van der Waals surface area contributed by atoms with E-state index in [1.165, 1.54) is 0 Å². The normalized spacial score (nSPS) is 17.0. The van der Waals surface area contributed by atoms with Crippen LogP contribution in [0.25, 0.3) is 10.9 Å². The van der Waals surface area contributed by atoms with E-state index in [-0.39, 0.29) is 6.10 Å². The number of nitrogens with zero attached hydrogens (tertiary/aromatic N) is 1. The largest absolute Gasteiger partial charge is 0.489 e. The molecular weight excluding hydrogens is 214 g/mol. The Morgan fingerprint density at radius 1 is 1.29 bits per heavy atom. The lowest BCUT2D eigenvalue weighted by atomic mass is 10.2. The van der Waals surface area contributed by atoms with Crippen LogP contribution >= 0.6 is 0 Å². The Labute approximate surface area is 100 Å². The molecular formula is C14H15NO2. The highest BCUT2D eigenvalue weighted by atomic mass is 16.5. The Morgan fingerprint density at radius 2 is 2.12 bits per heavy atom. The maximum Gasteiger partial charge on any atom is 0.145 e. The van der Waals surface area contributed by atoms with E-state index in [1.807, 2.05) is 30.3 Å². The molecule has 1 N–H and O–H groups in total. The second-order valence-electron chi connectivity index (χ2n) is 4.55. The van der Waals surface area contributed by atoms with Crippen molar-refractivity contribution < 1.29 is 9.84 Å². The van der Waals surface area contributed by atoms with Gasteiger partial charge in [0, 0.05) is 11.6 Å². The number of ether oxygens (including phenoxy) is 1. The smallest absolute Gasteiger partial charge is 0.145 e. The van der Waals surface area contributed by atoms with E-state index in [0.717, 1.165) is 29.5 Å². The average Bonchev–Trinajstić information content (AvgIpc) is 3.20. The molecule has 0 aliphatic heterocycles. The third kappa shape index (κ3) is 2.24. The van der Waals surface area contributed by atoms with E-state index < -0.39 is 0 Å². The number of aromatic nitrogens is 1. The highest BCUT2D eigenvalue weighted by Crippen LogP contribution is 2.33. The third-order valence-corrected chi connectivity index (χ3v) is 3.17. The van der Waals surface area contributed by atoms with Crippen LogP contribution in [0.4, 0.5) is 0 Å². The number of hydrogen-bond donors (Lipinski definition) is 1. The Kier molecular flexibility index (Phi) is 2.69. The van der Waals surface area contributed by atoms with Crippen LogP contribution in [0, 0.1) is 5.92 Å². The summed E-state index contributed by atoms with van der Waals surface area (Å²) in [6.07, 6.45) is 3.66. The number of fused-ring (bicyclic) bond motifs is 1. The van der Waals surface area contributed by atoms with Gasteiger partial charge in [-0.2, -0.15) is 0 Å². The summed E-state index contributed by atoms with van der Waals surface area (Å²) < 4.78 is 5.67. The number of aliphatic hydroxyl groups excluding tert-OH is 1. The van der Waals surface area contributed by atoms with Gasteiger partial charge in [-0.25, -0.2) is 0 Å². The van der Waals surface area contributed by atoms with Crippen molar-refractivity contribution in [1.82, 2.24) is 4.98 Å². The van der Waals surface area contributed by atoms with Gasteiger partial charge in [0.1, 0.15) is 17.9 Å². The summed E-state index contributed by atoms with van der Waals surface area (Å²) >= 11 is 0. The summed E-state index contributed by atoms with van der Waals surface area (Å²) in [5.74, 6) is 1.20. The van der Waals surface area contributed by atoms with Gasteiger partial charge < -0.3 is 9.84 Å². The number of pyridine rings is 1. The molecule has 0 amide bonds. The summed E-state index contributed by atoms with van der Waals surface area (Å²) in [6, 6.07) is 9.77. The highest BCUT2D eigenvalue weighted by Gasteiger charge is 2.30. The average molecular weight is 229 g/mol. The van der Waals surface area contributed by atoms with Crippen molar-refractivity contribution in [2.45, 2.75) is 18.9 Å². The first-order valence-corrected chi connectivity index (χ1v) is 5.99. The summed E-state index contributed by atoms with van der Waals surface area (Å²) in [7, 11) is 0.